The summed E-state index contributed by atoms with van der Waals surface area (Å²) in [5.41, 5.74) is 0.815. The molecule has 0 spiro atoms. The fraction of sp³-hybridized carbons (Fsp3) is 0.385. The van der Waals surface area contributed by atoms with E-state index >= 15 is 0 Å². The first-order chi connectivity index (χ1) is 9.89. The maximum atomic E-state index is 13.3. The zero-order chi connectivity index (χ0) is 15.6. The van der Waals surface area contributed by atoms with Crippen molar-refractivity contribution in [3.8, 4) is 6.07 Å². The maximum Gasteiger partial charge on any atom is 0.324 e. The van der Waals surface area contributed by atoms with E-state index in [2.05, 4.69) is 4.98 Å². The van der Waals surface area contributed by atoms with E-state index < -0.39 is 18.9 Å². The molecule has 0 radical (unpaired) electrons. The highest BCUT2D eigenvalue weighted by molar-refractivity contribution is 6.17. The molecule has 112 valence electrons. The fourth-order valence-corrected chi connectivity index (χ4v) is 2.14. The number of nitrogens with zero attached hydrogens (tertiary/aromatic N) is 3. The van der Waals surface area contributed by atoms with Gasteiger partial charge in [0.1, 0.15) is 5.82 Å². The Bertz CT molecular complexity index is 691. The summed E-state index contributed by atoms with van der Waals surface area (Å²) in [6.45, 7) is -1.21. The number of halogens is 5. The van der Waals surface area contributed by atoms with Crippen molar-refractivity contribution in [1.29, 1.82) is 5.26 Å². The fourth-order valence-electron chi connectivity index (χ4n) is 1.97. The first kappa shape index (κ1) is 15.6. The average molecular weight is 320 g/mol. The number of nitriles is 1. The van der Waals surface area contributed by atoms with Gasteiger partial charge in [-0.2, -0.15) is 14.0 Å². The number of rotatable bonds is 5. The van der Waals surface area contributed by atoms with E-state index in [-0.39, 0.29) is 29.2 Å². The van der Waals surface area contributed by atoms with Gasteiger partial charge in [0, 0.05) is 12.3 Å². The zero-order valence-electron chi connectivity index (χ0n) is 10.7. The van der Waals surface area contributed by atoms with Crippen LogP contribution < -0.4 is 0 Å². The summed E-state index contributed by atoms with van der Waals surface area (Å²) in [5, 5.41) is 8.85. The van der Waals surface area contributed by atoms with Gasteiger partial charge in [-0.25, -0.2) is 13.8 Å². The van der Waals surface area contributed by atoms with Crippen LogP contribution in [0.4, 0.5) is 17.6 Å². The summed E-state index contributed by atoms with van der Waals surface area (Å²) < 4.78 is 52.5. The van der Waals surface area contributed by atoms with Gasteiger partial charge >= 0.3 is 12.3 Å². The Balaban J connectivity index is 2.57. The van der Waals surface area contributed by atoms with Crippen LogP contribution in [0, 0.1) is 11.3 Å². The minimum Gasteiger partial charge on any atom is -0.322 e. The largest absolute Gasteiger partial charge is 0.324 e. The molecule has 0 saturated carbocycles. The quantitative estimate of drug-likeness (QED) is 0.624. The Morgan fingerprint density at radius 1 is 1.38 bits per heavy atom. The van der Waals surface area contributed by atoms with Crippen molar-refractivity contribution in [2.24, 2.45) is 0 Å². The second kappa shape index (κ2) is 5.90. The first-order valence-electron chi connectivity index (χ1n) is 6.00. The molecular weight excluding hydrogens is 310 g/mol. The van der Waals surface area contributed by atoms with Crippen molar-refractivity contribution >= 4 is 22.6 Å². The Morgan fingerprint density at radius 2 is 2.10 bits per heavy atom. The Morgan fingerprint density at radius 3 is 2.67 bits per heavy atom. The minimum atomic E-state index is -4.18. The number of aromatic nitrogens is 2. The number of aryl methyl sites for hydroxylation is 1. The Hall–Kier alpha value is -1.81. The summed E-state index contributed by atoms with van der Waals surface area (Å²) in [5.74, 6) is -3.87. The molecule has 0 aliphatic rings. The second-order valence-electron chi connectivity index (χ2n) is 4.43. The van der Waals surface area contributed by atoms with Gasteiger partial charge in [-0.05, 0) is 18.2 Å². The van der Waals surface area contributed by atoms with Crippen LogP contribution in [-0.2, 0) is 13.0 Å². The number of fused-ring (bicyclic) bond motifs is 1. The lowest BCUT2D eigenvalue weighted by Crippen LogP contribution is -2.32. The van der Waals surface area contributed by atoms with Crippen molar-refractivity contribution in [2.75, 3.05) is 5.88 Å². The van der Waals surface area contributed by atoms with Crippen molar-refractivity contribution < 1.29 is 17.6 Å². The Labute approximate surface area is 122 Å². The van der Waals surface area contributed by atoms with Crippen molar-refractivity contribution in [1.82, 2.24) is 9.55 Å². The van der Waals surface area contributed by atoms with Crippen LogP contribution in [0.3, 0.4) is 0 Å². The highest BCUT2D eigenvalue weighted by atomic mass is 35.5. The minimum absolute atomic E-state index is 0.120. The topological polar surface area (TPSA) is 41.6 Å². The molecular formula is C13H10ClF4N3. The van der Waals surface area contributed by atoms with Gasteiger partial charge in [-0.15, -0.1) is 11.6 Å². The molecule has 0 fully saturated rings. The molecule has 1 aromatic heterocycles. The van der Waals surface area contributed by atoms with Gasteiger partial charge in [-0.3, -0.25) is 0 Å². The zero-order valence-corrected chi connectivity index (χ0v) is 11.4. The summed E-state index contributed by atoms with van der Waals surface area (Å²) in [4.78, 5) is 4.11. The lowest BCUT2D eigenvalue weighted by molar-refractivity contribution is -0.137. The van der Waals surface area contributed by atoms with Crippen LogP contribution in [0.1, 0.15) is 11.4 Å². The van der Waals surface area contributed by atoms with Gasteiger partial charge < -0.3 is 4.57 Å². The molecule has 0 unspecified atom stereocenters. The monoisotopic (exact) mass is 319 g/mol. The number of alkyl halides is 5. The SMILES string of the molecule is N#Cc1ccc2nc(CCCl)n(CC(F)(F)C(F)F)c2c1. The van der Waals surface area contributed by atoms with Crippen molar-refractivity contribution in [3.05, 3.63) is 29.6 Å². The van der Waals surface area contributed by atoms with E-state index in [4.69, 9.17) is 16.9 Å². The number of imidazole rings is 1. The molecule has 0 saturated heterocycles. The molecule has 0 N–H and O–H groups in total. The van der Waals surface area contributed by atoms with Gasteiger partial charge in [0.2, 0.25) is 0 Å². The third-order valence-corrected chi connectivity index (χ3v) is 3.15. The molecule has 8 heteroatoms. The van der Waals surface area contributed by atoms with Crippen LogP contribution in [0.15, 0.2) is 18.2 Å². The number of hydrogen-bond acceptors (Lipinski definition) is 2. The summed E-state index contributed by atoms with van der Waals surface area (Å²) in [7, 11) is 0. The van der Waals surface area contributed by atoms with Crippen LogP contribution in [0.2, 0.25) is 0 Å². The second-order valence-corrected chi connectivity index (χ2v) is 4.81. The third kappa shape index (κ3) is 3.10. The molecule has 0 aliphatic carbocycles. The molecule has 0 aliphatic heterocycles. The molecule has 0 bridgehead atoms. The summed E-state index contributed by atoms with van der Waals surface area (Å²) >= 11 is 5.59. The van der Waals surface area contributed by atoms with Crippen molar-refractivity contribution in [2.45, 2.75) is 25.3 Å². The number of hydrogen-bond donors (Lipinski definition) is 0. The van der Waals surface area contributed by atoms with E-state index in [1.165, 1.54) is 18.2 Å². The Kier molecular flexibility index (Phi) is 4.37. The normalized spacial score (nSPS) is 12.0. The van der Waals surface area contributed by atoms with E-state index in [9.17, 15) is 17.6 Å². The van der Waals surface area contributed by atoms with Crippen LogP contribution >= 0.6 is 11.6 Å². The van der Waals surface area contributed by atoms with E-state index in [0.29, 0.717) is 5.52 Å². The van der Waals surface area contributed by atoms with Crippen LogP contribution in [-0.4, -0.2) is 27.8 Å². The first-order valence-corrected chi connectivity index (χ1v) is 6.53. The lowest BCUT2D eigenvalue weighted by Gasteiger charge is -2.18. The lowest BCUT2D eigenvalue weighted by atomic mass is 10.2. The molecule has 0 atom stereocenters. The smallest absolute Gasteiger partial charge is 0.322 e. The molecule has 2 aromatic rings. The summed E-state index contributed by atoms with van der Waals surface area (Å²) in [6, 6.07) is 6.19. The van der Waals surface area contributed by atoms with E-state index in [1.54, 1.807) is 0 Å². The van der Waals surface area contributed by atoms with E-state index in [0.717, 1.165) is 4.57 Å². The van der Waals surface area contributed by atoms with Crippen LogP contribution in [0.5, 0.6) is 0 Å². The highest BCUT2D eigenvalue weighted by Gasteiger charge is 2.41. The summed E-state index contributed by atoms with van der Waals surface area (Å²) in [6.07, 6.45) is -3.62. The predicted molar refractivity (Wildman–Crippen MR) is 69.8 cm³/mol. The standard InChI is InChI=1S/C13H10ClF4N3/c14-4-3-11-20-9-2-1-8(6-19)5-10(9)21(11)7-13(17,18)12(15)16/h1-2,5,12H,3-4,7H2. The molecule has 3 nitrogen and oxygen atoms in total. The molecule has 21 heavy (non-hydrogen) atoms. The van der Waals surface area contributed by atoms with Gasteiger partial charge in [-0.1, -0.05) is 0 Å². The number of benzene rings is 1. The molecule has 0 amide bonds. The van der Waals surface area contributed by atoms with Gasteiger partial charge in [0.05, 0.1) is 29.2 Å². The van der Waals surface area contributed by atoms with Crippen LogP contribution in [0.25, 0.3) is 11.0 Å². The molecule has 1 aromatic carbocycles. The maximum absolute atomic E-state index is 13.3. The van der Waals surface area contributed by atoms with Gasteiger partial charge in [0.15, 0.2) is 0 Å². The highest BCUT2D eigenvalue weighted by Crippen LogP contribution is 2.28. The third-order valence-electron chi connectivity index (χ3n) is 2.96. The van der Waals surface area contributed by atoms with Crippen molar-refractivity contribution in [3.63, 3.8) is 0 Å². The average Bonchev–Trinajstić information content (AvgIpc) is 2.76. The van der Waals surface area contributed by atoms with Gasteiger partial charge in [0.25, 0.3) is 0 Å². The molecule has 1 heterocycles. The van der Waals surface area contributed by atoms with E-state index in [1.807, 2.05) is 6.07 Å². The molecule has 2 rings (SSSR count). The predicted octanol–water partition coefficient (Wildman–Crippen LogP) is 3.59.